The van der Waals surface area contributed by atoms with Crippen molar-refractivity contribution in [3.8, 4) is 0 Å². The van der Waals surface area contributed by atoms with Gasteiger partial charge in [0, 0.05) is 18.7 Å². The van der Waals surface area contributed by atoms with Gasteiger partial charge in [-0.15, -0.1) is 0 Å². The first-order valence-corrected chi connectivity index (χ1v) is 7.63. The van der Waals surface area contributed by atoms with Crippen LogP contribution in [0.15, 0.2) is 24.3 Å². The Balaban J connectivity index is 1.75. The number of benzene rings is 1. The lowest BCUT2D eigenvalue weighted by Gasteiger charge is -2.20. The minimum atomic E-state index is -0.441. The number of aryl methyl sites for hydroxylation is 1. The molecule has 1 aliphatic heterocycles. The standard InChI is InChI=1S/C17H26N2O2/c1-17(2,3)16(20)21-15-10-13(11-19-15)5-4-12-6-8-14(18)9-7-12/h6-9,13,15,19H,4-5,10-11,18H2,1-3H3. The van der Waals surface area contributed by atoms with Crippen LogP contribution < -0.4 is 11.1 Å². The topological polar surface area (TPSA) is 64.3 Å². The summed E-state index contributed by atoms with van der Waals surface area (Å²) in [4.78, 5) is 11.9. The molecule has 1 saturated heterocycles. The van der Waals surface area contributed by atoms with Gasteiger partial charge in [-0.25, -0.2) is 0 Å². The molecule has 0 spiro atoms. The fraction of sp³-hybridized carbons (Fsp3) is 0.588. The lowest BCUT2D eigenvalue weighted by atomic mass is 9.97. The molecular weight excluding hydrogens is 264 g/mol. The van der Waals surface area contributed by atoms with E-state index in [-0.39, 0.29) is 12.2 Å². The highest BCUT2D eigenvalue weighted by molar-refractivity contribution is 5.75. The van der Waals surface area contributed by atoms with Crippen LogP contribution in [0.5, 0.6) is 0 Å². The molecule has 0 bridgehead atoms. The zero-order valence-corrected chi connectivity index (χ0v) is 13.2. The highest BCUT2D eigenvalue weighted by Gasteiger charge is 2.31. The first kappa shape index (κ1) is 15.8. The highest BCUT2D eigenvalue weighted by Crippen LogP contribution is 2.23. The smallest absolute Gasteiger partial charge is 0.312 e. The van der Waals surface area contributed by atoms with Crippen LogP contribution >= 0.6 is 0 Å². The van der Waals surface area contributed by atoms with Crippen LogP contribution in [0, 0.1) is 11.3 Å². The normalized spacial score (nSPS) is 22.2. The number of nitrogens with two attached hydrogens (primary N) is 1. The zero-order chi connectivity index (χ0) is 15.5. The largest absolute Gasteiger partial charge is 0.446 e. The highest BCUT2D eigenvalue weighted by atomic mass is 16.6. The van der Waals surface area contributed by atoms with E-state index in [0.717, 1.165) is 31.5 Å². The third kappa shape index (κ3) is 4.74. The van der Waals surface area contributed by atoms with Gasteiger partial charge in [-0.3, -0.25) is 10.1 Å². The summed E-state index contributed by atoms with van der Waals surface area (Å²) in [6, 6.07) is 8.04. The fourth-order valence-electron chi connectivity index (χ4n) is 2.44. The van der Waals surface area contributed by atoms with Crippen molar-refractivity contribution in [2.24, 2.45) is 11.3 Å². The van der Waals surface area contributed by atoms with Gasteiger partial charge in [0.15, 0.2) is 6.23 Å². The fourth-order valence-corrected chi connectivity index (χ4v) is 2.44. The van der Waals surface area contributed by atoms with Crippen LogP contribution in [0.25, 0.3) is 0 Å². The maximum atomic E-state index is 11.9. The second-order valence-electron chi connectivity index (χ2n) is 6.93. The lowest BCUT2D eigenvalue weighted by Crippen LogP contribution is -2.33. The van der Waals surface area contributed by atoms with Gasteiger partial charge in [0.05, 0.1) is 5.41 Å². The van der Waals surface area contributed by atoms with E-state index in [0.29, 0.717) is 5.92 Å². The summed E-state index contributed by atoms with van der Waals surface area (Å²) in [5, 5.41) is 3.29. The Kier molecular flexibility index (Phi) is 4.88. The van der Waals surface area contributed by atoms with Crippen molar-refractivity contribution >= 4 is 11.7 Å². The molecule has 1 aliphatic rings. The number of carbonyl (C=O) groups is 1. The van der Waals surface area contributed by atoms with Gasteiger partial charge < -0.3 is 10.5 Å². The zero-order valence-electron chi connectivity index (χ0n) is 13.2. The number of rotatable bonds is 4. The molecule has 4 heteroatoms. The predicted molar refractivity (Wildman–Crippen MR) is 84.6 cm³/mol. The quantitative estimate of drug-likeness (QED) is 0.661. The number of hydrogen-bond donors (Lipinski definition) is 2. The van der Waals surface area contributed by atoms with Crippen LogP contribution in [0.4, 0.5) is 5.69 Å². The van der Waals surface area contributed by atoms with Crippen molar-refractivity contribution in [2.45, 2.75) is 46.3 Å². The van der Waals surface area contributed by atoms with E-state index in [9.17, 15) is 4.79 Å². The summed E-state index contributed by atoms with van der Waals surface area (Å²) < 4.78 is 5.51. The molecule has 1 heterocycles. The molecule has 1 aromatic rings. The van der Waals surface area contributed by atoms with E-state index in [2.05, 4.69) is 17.4 Å². The third-order valence-electron chi connectivity index (χ3n) is 3.86. The molecule has 2 unspecified atom stereocenters. The van der Waals surface area contributed by atoms with Gasteiger partial charge in [-0.05, 0) is 57.2 Å². The molecule has 3 N–H and O–H groups in total. The number of nitrogens with one attached hydrogen (secondary N) is 1. The molecule has 0 amide bonds. The SMILES string of the molecule is CC(C)(C)C(=O)OC1CC(CCc2ccc(N)cc2)CN1. The molecule has 1 fully saturated rings. The molecule has 4 nitrogen and oxygen atoms in total. The molecule has 116 valence electrons. The van der Waals surface area contributed by atoms with Crippen LogP contribution in [0.1, 0.15) is 39.2 Å². The van der Waals surface area contributed by atoms with Crippen molar-refractivity contribution < 1.29 is 9.53 Å². The monoisotopic (exact) mass is 290 g/mol. The summed E-state index contributed by atoms with van der Waals surface area (Å²) in [7, 11) is 0. The van der Waals surface area contributed by atoms with Crippen LogP contribution in [0.3, 0.4) is 0 Å². The molecule has 0 radical (unpaired) electrons. The van der Waals surface area contributed by atoms with Gasteiger partial charge in [0.1, 0.15) is 0 Å². The Morgan fingerprint density at radius 1 is 1.33 bits per heavy atom. The van der Waals surface area contributed by atoms with Crippen LogP contribution in [0.2, 0.25) is 0 Å². The van der Waals surface area contributed by atoms with Crippen molar-refractivity contribution in [2.75, 3.05) is 12.3 Å². The number of ether oxygens (including phenoxy) is 1. The predicted octanol–water partition coefficient (Wildman–Crippen LogP) is 2.73. The second kappa shape index (κ2) is 6.48. The Morgan fingerprint density at radius 2 is 2.00 bits per heavy atom. The lowest BCUT2D eigenvalue weighted by molar-refractivity contribution is -0.159. The first-order chi connectivity index (χ1) is 9.84. The Labute approximate surface area is 127 Å². The van der Waals surface area contributed by atoms with Crippen LogP contribution in [-0.2, 0) is 16.0 Å². The van der Waals surface area contributed by atoms with Gasteiger partial charge in [-0.2, -0.15) is 0 Å². The van der Waals surface area contributed by atoms with Gasteiger partial charge in [-0.1, -0.05) is 12.1 Å². The molecule has 2 atom stereocenters. The van der Waals surface area contributed by atoms with E-state index in [1.165, 1.54) is 5.56 Å². The average molecular weight is 290 g/mol. The minimum absolute atomic E-state index is 0.131. The number of nitrogen functional groups attached to an aromatic ring is 1. The van der Waals surface area contributed by atoms with Crippen molar-refractivity contribution in [1.82, 2.24) is 5.32 Å². The summed E-state index contributed by atoms with van der Waals surface area (Å²) in [6.45, 7) is 6.55. The van der Waals surface area contributed by atoms with Gasteiger partial charge in [0.25, 0.3) is 0 Å². The molecular formula is C17H26N2O2. The molecule has 2 rings (SSSR count). The average Bonchev–Trinajstić information content (AvgIpc) is 2.85. The maximum Gasteiger partial charge on any atom is 0.312 e. The van der Waals surface area contributed by atoms with Gasteiger partial charge in [0.2, 0.25) is 0 Å². The second-order valence-corrected chi connectivity index (χ2v) is 6.93. The van der Waals surface area contributed by atoms with Crippen molar-refractivity contribution in [3.05, 3.63) is 29.8 Å². The van der Waals surface area contributed by atoms with E-state index in [4.69, 9.17) is 10.5 Å². The summed E-state index contributed by atoms with van der Waals surface area (Å²) in [5.74, 6) is 0.416. The molecule has 0 aliphatic carbocycles. The summed E-state index contributed by atoms with van der Waals surface area (Å²) in [6.07, 6.45) is 2.90. The summed E-state index contributed by atoms with van der Waals surface area (Å²) in [5.41, 5.74) is 7.35. The molecule has 1 aromatic carbocycles. The van der Waals surface area contributed by atoms with Crippen LogP contribution in [-0.4, -0.2) is 18.7 Å². The van der Waals surface area contributed by atoms with Gasteiger partial charge >= 0.3 is 5.97 Å². The molecule has 0 saturated carbocycles. The number of hydrogen-bond acceptors (Lipinski definition) is 4. The van der Waals surface area contributed by atoms with Crippen molar-refractivity contribution in [3.63, 3.8) is 0 Å². The Morgan fingerprint density at radius 3 is 2.62 bits per heavy atom. The number of carbonyl (C=O) groups excluding carboxylic acids is 1. The molecule has 21 heavy (non-hydrogen) atoms. The summed E-state index contributed by atoms with van der Waals surface area (Å²) >= 11 is 0. The Bertz CT molecular complexity index is 477. The minimum Gasteiger partial charge on any atom is -0.446 e. The van der Waals surface area contributed by atoms with E-state index >= 15 is 0 Å². The maximum absolute atomic E-state index is 11.9. The first-order valence-electron chi connectivity index (χ1n) is 7.63. The van der Waals surface area contributed by atoms with E-state index < -0.39 is 5.41 Å². The third-order valence-corrected chi connectivity index (χ3v) is 3.86. The Hall–Kier alpha value is -1.55. The van der Waals surface area contributed by atoms with Crippen molar-refractivity contribution in [1.29, 1.82) is 0 Å². The molecule has 0 aromatic heterocycles. The van der Waals surface area contributed by atoms with E-state index in [1.807, 2.05) is 32.9 Å². The number of anilines is 1. The van der Waals surface area contributed by atoms with E-state index in [1.54, 1.807) is 0 Å². The number of esters is 1.